The fraction of sp³-hybridized carbons (Fsp3) is 0.760. The van der Waals surface area contributed by atoms with Crippen LogP contribution in [-0.2, 0) is 11.3 Å². The average molecular weight is 467 g/mol. The van der Waals surface area contributed by atoms with Crippen LogP contribution >= 0.6 is 8.58 Å². The van der Waals surface area contributed by atoms with E-state index in [0.717, 1.165) is 79.6 Å². The van der Waals surface area contributed by atoms with E-state index in [9.17, 15) is 5.11 Å². The van der Waals surface area contributed by atoms with Gasteiger partial charge in [0.2, 0.25) is 0 Å². The van der Waals surface area contributed by atoms with Gasteiger partial charge >= 0.3 is 0 Å². The van der Waals surface area contributed by atoms with Crippen molar-refractivity contribution < 1.29 is 9.84 Å². The Labute approximate surface area is 198 Å². The number of hydrogen-bond donors (Lipinski definition) is 1. The van der Waals surface area contributed by atoms with Crippen LogP contribution in [0, 0.1) is 0 Å². The number of β-amino-alcohol motifs (C(OH)–C–C–N with tert-alkyl or cyclic N) is 1. The summed E-state index contributed by atoms with van der Waals surface area (Å²) in [6, 6.07) is 10.2. The molecule has 7 heteroatoms. The van der Waals surface area contributed by atoms with E-state index in [1.807, 2.05) is 18.2 Å². The number of aliphatic hydroxyl groups is 1. The Morgan fingerprint density at radius 2 is 1.34 bits per heavy atom. The van der Waals surface area contributed by atoms with Crippen LogP contribution in [-0.4, -0.2) is 122 Å². The molecule has 0 spiro atoms. The van der Waals surface area contributed by atoms with E-state index < -0.39 is 6.10 Å². The quantitative estimate of drug-likeness (QED) is 0.506. The minimum absolute atomic E-state index is 0.382. The normalized spacial score (nSPS) is 20.4. The predicted octanol–water partition coefficient (Wildman–Crippen LogP) is 2.48. The van der Waals surface area contributed by atoms with Gasteiger partial charge in [0.1, 0.15) is 0 Å². The number of rotatable bonds is 11. The zero-order chi connectivity index (χ0) is 23.0. The Hall–Kier alpha value is -0.590. The first-order valence-corrected chi connectivity index (χ1v) is 14.0. The first-order chi connectivity index (χ1) is 15.6. The third kappa shape index (κ3) is 11.5. The van der Waals surface area contributed by atoms with E-state index >= 15 is 0 Å². The molecule has 1 fully saturated rings. The Morgan fingerprint density at radius 3 is 1.88 bits per heavy atom. The van der Waals surface area contributed by atoms with Crippen molar-refractivity contribution in [2.24, 2.45) is 0 Å². The summed E-state index contributed by atoms with van der Waals surface area (Å²) in [5.74, 6) is 0. The second kappa shape index (κ2) is 16.9. The molecule has 1 aromatic rings. The molecule has 6 nitrogen and oxygen atoms in total. The van der Waals surface area contributed by atoms with Crippen molar-refractivity contribution in [1.82, 2.24) is 19.6 Å². The van der Waals surface area contributed by atoms with Gasteiger partial charge in [-0.05, 0) is 24.8 Å². The van der Waals surface area contributed by atoms with Crippen molar-refractivity contribution in [2.45, 2.75) is 33.5 Å². The largest absolute Gasteiger partial charge is 0.389 e. The summed E-state index contributed by atoms with van der Waals surface area (Å²) in [6.07, 6.45) is 2.08. The van der Waals surface area contributed by atoms with E-state index in [1.54, 1.807) is 0 Å². The van der Waals surface area contributed by atoms with Crippen LogP contribution in [0.25, 0.3) is 0 Å². The highest BCUT2D eigenvalue weighted by Gasteiger charge is 2.17. The summed E-state index contributed by atoms with van der Waals surface area (Å²) in [5.41, 5.74) is 1.15. The first kappa shape index (κ1) is 27.7. The molecule has 1 aromatic carbocycles. The molecule has 1 N–H and O–H groups in total. The van der Waals surface area contributed by atoms with Crippen molar-refractivity contribution in [2.75, 3.05) is 91.0 Å². The van der Waals surface area contributed by atoms with Crippen molar-refractivity contribution >= 4 is 8.58 Å². The average Bonchev–Trinajstić information content (AvgIpc) is 2.81. The van der Waals surface area contributed by atoms with Gasteiger partial charge in [0.05, 0.1) is 19.3 Å². The van der Waals surface area contributed by atoms with Crippen molar-refractivity contribution in [3.05, 3.63) is 35.9 Å². The van der Waals surface area contributed by atoms with E-state index in [4.69, 9.17) is 4.74 Å². The Kier molecular flexibility index (Phi) is 14.6. The maximum atomic E-state index is 10.6. The molecule has 1 heterocycles. The summed E-state index contributed by atoms with van der Waals surface area (Å²) in [6.45, 7) is 19.3. The maximum absolute atomic E-state index is 10.6. The number of ether oxygens (including phenoxy) is 1. The third-order valence-corrected chi connectivity index (χ3v) is 7.47. The fourth-order valence-corrected chi connectivity index (χ4v) is 4.92. The van der Waals surface area contributed by atoms with Gasteiger partial charge in [0.15, 0.2) is 0 Å². The Morgan fingerprint density at radius 1 is 0.812 bits per heavy atom. The topological polar surface area (TPSA) is 42.4 Å². The molecule has 32 heavy (non-hydrogen) atoms. The molecule has 1 saturated heterocycles. The lowest BCUT2D eigenvalue weighted by atomic mass is 10.2. The molecule has 2 unspecified atom stereocenters. The van der Waals surface area contributed by atoms with Gasteiger partial charge in [0.25, 0.3) is 0 Å². The van der Waals surface area contributed by atoms with Gasteiger partial charge in [-0.3, -0.25) is 9.80 Å². The van der Waals surface area contributed by atoms with Crippen LogP contribution < -0.4 is 0 Å². The monoisotopic (exact) mass is 466 g/mol. The molecule has 0 bridgehead atoms. The van der Waals surface area contributed by atoms with E-state index in [1.165, 1.54) is 12.4 Å². The molecular weight excluding hydrogens is 419 g/mol. The molecule has 0 radical (unpaired) electrons. The Bertz CT molecular complexity index is 560. The molecule has 184 valence electrons. The van der Waals surface area contributed by atoms with Crippen molar-refractivity contribution in [3.8, 4) is 0 Å². The van der Waals surface area contributed by atoms with E-state index in [0.29, 0.717) is 19.8 Å². The highest BCUT2D eigenvalue weighted by atomic mass is 31.1. The SMILES string of the molecule is CCPCN1CCN(CC)CCN(CC(O)COCc2ccccc2)CCN(CC)CC1. The fourth-order valence-electron chi connectivity index (χ4n) is 4.06. The molecule has 0 aliphatic carbocycles. The molecule has 1 aliphatic rings. The molecule has 0 aromatic heterocycles. The highest BCUT2D eigenvalue weighted by molar-refractivity contribution is 7.37. The highest BCUT2D eigenvalue weighted by Crippen LogP contribution is 2.12. The summed E-state index contributed by atoms with van der Waals surface area (Å²) >= 11 is 0. The molecule has 2 rings (SSSR count). The molecular formula is C25H47N4O2P. The second-order valence-electron chi connectivity index (χ2n) is 8.70. The van der Waals surface area contributed by atoms with E-state index in [2.05, 4.69) is 52.5 Å². The van der Waals surface area contributed by atoms with Crippen LogP contribution in [0.4, 0.5) is 0 Å². The summed E-state index contributed by atoms with van der Waals surface area (Å²) in [7, 11) is 1.04. The molecule has 0 amide bonds. The van der Waals surface area contributed by atoms with Gasteiger partial charge < -0.3 is 19.6 Å². The van der Waals surface area contributed by atoms with E-state index in [-0.39, 0.29) is 0 Å². The lowest BCUT2D eigenvalue weighted by Gasteiger charge is -2.34. The summed E-state index contributed by atoms with van der Waals surface area (Å²) in [4.78, 5) is 10.2. The molecule has 0 saturated carbocycles. The minimum atomic E-state index is -0.456. The number of hydrogen-bond acceptors (Lipinski definition) is 6. The van der Waals surface area contributed by atoms with Gasteiger partial charge in [-0.1, -0.05) is 51.1 Å². The zero-order valence-electron chi connectivity index (χ0n) is 20.7. The molecule has 1 aliphatic heterocycles. The lowest BCUT2D eigenvalue weighted by molar-refractivity contribution is 0.00667. The molecule has 2 atom stereocenters. The van der Waals surface area contributed by atoms with Crippen LogP contribution in [0.2, 0.25) is 0 Å². The number of aliphatic hydroxyl groups excluding tert-OH is 1. The van der Waals surface area contributed by atoms with Crippen LogP contribution in [0.1, 0.15) is 26.3 Å². The van der Waals surface area contributed by atoms with Gasteiger partial charge in [0, 0.05) is 65.2 Å². The van der Waals surface area contributed by atoms with Crippen LogP contribution in [0.15, 0.2) is 30.3 Å². The van der Waals surface area contributed by atoms with Gasteiger partial charge in [-0.25, -0.2) is 0 Å². The number of nitrogens with zero attached hydrogens (tertiary/aromatic N) is 4. The second-order valence-corrected chi connectivity index (χ2v) is 10.2. The van der Waals surface area contributed by atoms with Gasteiger partial charge in [-0.15, -0.1) is 8.58 Å². The lowest BCUT2D eigenvalue weighted by Crippen LogP contribution is -2.47. The number of likely N-dealkylation sites (N-methyl/N-ethyl adjacent to an activating group) is 2. The zero-order valence-corrected chi connectivity index (χ0v) is 21.7. The van der Waals surface area contributed by atoms with Crippen LogP contribution in [0.5, 0.6) is 0 Å². The first-order valence-electron chi connectivity index (χ1n) is 12.5. The van der Waals surface area contributed by atoms with Gasteiger partial charge in [-0.2, -0.15) is 0 Å². The van der Waals surface area contributed by atoms with Crippen molar-refractivity contribution in [3.63, 3.8) is 0 Å². The minimum Gasteiger partial charge on any atom is -0.389 e. The van der Waals surface area contributed by atoms with Crippen molar-refractivity contribution in [1.29, 1.82) is 0 Å². The maximum Gasteiger partial charge on any atom is 0.0900 e. The Balaban J connectivity index is 1.86. The smallest absolute Gasteiger partial charge is 0.0900 e. The number of benzene rings is 1. The predicted molar refractivity (Wildman–Crippen MR) is 138 cm³/mol. The summed E-state index contributed by atoms with van der Waals surface area (Å²) in [5, 5.41) is 10.6. The standard InChI is InChI=1S/C25H47N4O2P/c1-4-26-12-16-28(20-25(30)22-31-21-24-10-8-7-9-11-24)17-13-27(5-2)15-19-29(18-14-26)23-32-6-3/h7-11,25,30,32H,4-6,12-23H2,1-3H3. The summed E-state index contributed by atoms with van der Waals surface area (Å²) < 4.78 is 5.79. The third-order valence-electron chi connectivity index (χ3n) is 6.30. The van der Waals surface area contributed by atoms with Crippen LogP contribution in [0.3, 0.4) is 0 Å².